The molecule has 0 radical (unpaired) electrons. The number of nitrogens with one attached hydrogen (secondary N) is 2. The number of pyridine rings is 1. The molecule has 1 aliphatic heterocycles. The van der Waals surface area contributed by atoms with E-state index in [2.05, 4.69) is 15.6 Å². The Hall–Kier alpha value is -3.55. The van der Waals surface area contributed by atoms with E-state index in [4.69, 9.17) is 5.11 Å². The summed E-state index contributed by atoms with van der Waals surface area (Å²) in [7, 11) is 0. The van der Waals surface area contributed by atoms with E-state index in [9.17, 15) is 9.59 Å². The highest BCUT2D eigenvalue weighted by molar-refractivity contribution is 5.77. The van der Waals surface area contributed by atoms with Gasteiger partial charge in [0.1, 0.15) is 11.5 Å². The molecule has 1 saturated heterocycles. The van der Waals surface area contributed by atoms with Crippen LogP contribution in [0, 0.1) is 0 Å². The van der Waals surface area contributed by atoms with E-state index in [0.717, 1.165) is 17.7 Å². The molecule has 1 unspecified atom stereocenters. The van der Waals surface area contributed by atoms with Gasteiger partial charge >= 0.3 is 6.09 Å². The SMILES string of the molecule is CC(C)Nc1nc2ccccn2c(=O)c1-c1ccc(NC2CCN(C(=O)O)C2)cc1. The summed E-state index contributed by atoms with van der Waals surface area (Å²) in [6.45, 7) is 5.02. The fourth-order valence-electron chi connectivity index (χ4n) is 3.75. The third-order valence-corrected chi connectivity index (χ3v) is 5.16. The van der Waals surface area contributed by atoms with Crippen molar-refractivity contribution in [3.05, 3.63) is 59.0 Å². The maximum atomic E-state index is 13.2. The highest BCUT2D eigenvalue weighted by Gasteiger charge is 2.25. The first-order valence-corrected chi connectivity index (χ1v) is 10.0. The number of carbonyl (C=O) groups is 1. The van der Waals surface area contributed by atoms with Gasteiger partial charge in [0.25, 0.3) is 5.56 Å². The van der Waals surface area contributed by atoms with Crippen LogP contribution < -0.4 is 16.2 Å². The lowest BCUT2D eigenvalue weighted by atomic mass is 10.1. The molecule has 1 fully saturated rings. The molecule has 30 heavy (non-hydrogen) atoms. The van der Waals surface area contributed by atoms with Crippen LogP contribution in [-0.2, 0) is 0 Å². The van der Waals surface area contributed by atoms with Crippen molar-refractivity contribution in [3.63, 3.8) is 0 Å². The number of hydrogen-bond donors (Lipinski definition) is 3. The summed E-state index contributed by atoms with van der Waals surface area (Å²) in [5.74, 6) is 0.565. The van der Waals surface area contributed by atoms with Crippen molar-refractivity contribution in [2.24, 2.45) is 0 Å². The predicted molar refractivity (Wildman–Crippen MR) is 117 cm³/mol. The van der Waals surface area contributed by atoms with Gasteiger partial charge in [-0.1, -0.05) is 18.2 Å². The van der Waals surface area contributed by atoms with Gasteiger partial charge in [-0.2, -0.15) is 0 Å². The summed E-state index contributed by atoms with van der Waals surface area (Å²) in [6.07, 6.45) is 1.60. The van der Waals surface area contributed by atoms with Crippen molar-refractivity contribution < 1.29 is 9.90 Å². The number of amides is 1. The Bertz CT molecular complexity index is 1120. The highest BCUT2D eigenvalue weighted by atomic mass is 16.4. The van der Waals surface area contributed by atoms with Gasteiger partial charge in [-0.3, -0.25) is 9.20 Å². The number of fused-ring (bicyclic) bond motifs is 1. The van der Waals surface area contributed by atoms with Gasteiger partial charge in [0.2, 0.25) is 0 Å². The van der Waals surface area contributed by atoms with Gasteiger partial charge in [0.05, 0.1) is 5.56 Å². The Morgan fingerprint density at radius 1 is 1.20 bits per heavy atom. The number of aromatic nitrogens is 2. The van der Waals surface area contributed by atoms with E-state index in [1.54, 1.807) is 10.6 Å². The Morgan fingerprint density at radius 2 is 1.97 bits per heavy atom. The molecule has 1 atom stereocenters. The van der Waals surface area contributed by atoms with Gasteiger partial charge in [-0.15, -0.1) is 0 Å². The maximum absolute atomic E-state index is 13.2. The van der Waals surface area contributed by atoms with Gasteiger partial charge in [-0.25, -0.2) is 9.78 Å². The van der Waals surface area contributed by atoms with E-state index in [1.165, 1.54) is 4.90 Å². The molecule has 2 aromatic heterocycles. The van der Waals surface area contributed by atoms with Gasteiger partial charge in [0.15, 0.2) is 0 Å². The summed E-state index contributed by atoms with van der Waals surface area (Å²) < 4.78 is 1.55. The van der Waals surface area contributed by atoms with Crippen molar-refractivity contribution in [2.75, 3.05) is 23.7 Å². The molecule has 0 spiro atoms. The molecule has 1 aliphatic rings. The normalized spacial score (nSPS) is 16.2. The second-order valence-electron chi connectivity index (χ2n) is 7.80. The molecule has 0 aliphatic carbocycles. The molecule has 0 saturated carbocycles. The monoisotopic (exact) mass is 407 g/mol. The van der Waals surface area contributed by atoms with Crippen LogP contribution >= 0.6 is 0 Å². The van der Waals surface area contributed by atoms with E-state index in [0.29, 0.717) is 30.1 Å². The van der Waals surface area contributed by atoms with Crippen molar-refractivity contribution in [1.29, 1.82) is 0 Å². The van der Waals surface area contributed by atoms with Crippen molar-refractivity contribution >= 4 is 23.2 Å². The maximum Gasteiger partial charge on any atom is 0.407 e. The number of benzene rings is 1. The summed E-state index contributed by atoms with van der Waals surface area (Å²) in [5.41, 5.74) is 2.66. The number of likely N-dealkylation sites (tertiary alicyclic amines) is 1. The fourth-order valence-corrected chi connectivity index (χ4v) is 3.75. The number of nitrogens with zero attached hydrogens (tertiary/aromatic N) is 3. The number of carboxylic acid groups (broad SMARTS) is 1. The van der Waals surface area contributed by atoms with Crippen LogP contribution in [0.4, 0.5) is 16.3 Å². The zero-order chi connectivity index (χ0) is 21.3. The van der Waals surface area contributed by atoms with E-state index in [1.807, 2.05) is 56.3 Å². The van der Waals surface area contributed by atoms with Crippen LogP contribution in [-0.4, -0.2) is 50.7 Å². The summed E-state index contributed by atoms with van der Waals surface area (Å²) in [4.78, 5) is 30.4. The lowest BCUT2D eigenvalue weighted by Crippen LogP contribution is -2.30. The Balaban J connectivity index is 1.64. The molecule has 0 bridgehead atoms. The van der Waals surface area contributed by atoms with E-state index < -0.39 is 6.09 Å². The Morgan fingerprint density at radius 3 is 2.63 bits per heavy atom. The third-order valence-electron chi connectivity index (χ3n) is 5.16. The van der Waals surface area contributed by atoms with Crippen molar-refractivity contribution in [1.82, 2.24) is 14.3 Å². The Kier molecular flexibility index (Phi) is 5.31. The largest absolute Gasteiger partial charge is 0.465 e. The topological polar surface area (TPSA) is 99.0 Å². The smallest absolute Gasteiger partial charge is 0.407 e. The summed E-state index contributed by atoms with van der Waals surface area (Å²) in [6, 6.07) is 13.3. The molecule has 3 aromatic rings. The van der Waals surface area contributed by atoms with Crippen molar-refractivity contribution in [2.45, 2.75) is 32.4 Å². The number of hydrogen-bond acceptors (Lipinski definition) is 5. The minimum Gasteiger partial charge on any atom is -0.465 e. The predicted octanol–water partition coefficient (Wildman–Crippen LogP) is 3.35. The molecule has 8 heteroatoms. The number of anilines is 2. The van der Waals surface area contributed by atoms with Crippen LogP contribution in [0.5, 0.6) is 0 Å². The molecular formula is C22H25N5O3. The van der Waals surface area contributed by atoms with Crippen LogP contribution in [0.15, 0.2) is 53.5 Å². The first-order chi connectivity index (χ1) is 14.4. The first kappa shape index (κ1) is 19.8. The fraction of sp³-hybridized carbons (Fsp3) is 0.318. The van der Waals surface area contributed by atoms with Crippen LogP contribution in [0.25, 0.3) is 16.8 Å². The standard InChI is InChI=1S/C22H25N5O3/c1-14(2)23-20-19(21(28)27-11-4-3-5-18(27)25-20)15-6-8-16(9-7-15)24-17-10-12-26(13-17)22(29)30/h3-9,11,14,17,23-24H,10,12-13H2,1-2H3,(H,29,30). The first-order valence-electron chi connectivity index (χ1n) is 10.0. The zero-order valence-electron chi connectivity index (χ0n) is 17.0. The average Bonchev–Trinajstić information content (AvgIpc) is 3.18. The molecule has 8 nitrogen and oxygen atoms in total. The molecule has 3 heterocycles. The molecule has 4 rings (SSSR count). The molecular weight excluding hydrogens is 382 g/mol. The quantitative estimate of drug-likeness (QED) is 0.600. The van der Waals surface area contributed by atoms with E-state index >= 15 is 0 Å². The van der Waals surface area contributed by atoms with Gasteiger partial charge in [0, 0.05) is 37.1 Å². The lowest BCUT2D eigenvalue weighted by Gasteiger charge is -2.17. The lowest BCUT2D eigenvalue weighted by molar-refractivity contribution is 0.155. The van der Waals surface area contributed by atoms with Crippen LogP contribution in [0.3, 0.4) is 0 Å². The third kappa shape index (κ3) is 3.94. The van der Waals surface area contributed by atoms with Crippen LogP contribution in [0.2, 0.25) is 0 Å². The minimum absolute atomic E-state index is 0.0816. The average molecular weight is 407 g/mol. The Labute approximate surface area is 174 Å². The molecule has 1 aromatic carbocycles. The molecule has 1 amide bonds. The summed E-state index contributed by atoms with van der Waals surface area (Å²) >= 11 is 0. The summed E-state index contributed by atoms with van der Waals surface area (Å²) in [5, 5.41) is 15.8. The van der Waals surface area contributed by atoms with Gasteiger partial charge in [-0.05, 0) is 50.1 Å². The second-order valence-corrected chi connectivity index (χ2v) is 7.80. The van der Waals surface area contributed by atoms with Crippen LogP contribution in [0.1, 0.15) is 20.3 Å². The highest BCUT2D eigenvalue weighted by Crippen LogP contribution is 2.26. The van der Waals surface area contributed by atoms with Crippen molar-refractivity contribution in [3.8, 4) is 11.1 Å². The number of rotatable bonds is 5. The molecule has 156 valence electrons. The molecule has 3 N–H and O–H groups in total. The van der Waals surface area contributed by atoms with Gasteiger partial charge < -0.3 is 20.6 Å². The van der Waals surface area contributed by atoms with E-state index in [-0.39, 0.29) is 17.6 Å². The zero-order valence-corrected chi connectivity index (χ0v) is 17.0. The minimum atomic E-state index is -0.885. The second kappa shape index (κ2) is 8.06.